The first-order valence-electron chi connectivity index (χ1n) is 10.3. The number of alkyl halides is 1. The summed E-state index contributed by atoms with van der Waals surface area (Å²) >= 11 is 0. The van der Waals surface area contributed by atoms with Gasteiger partial charge < -0.3 is 20.1 Å². The molecule has 1 aliphatic carbocycles. The Hall–Kier alpha value is -2.25. The monoisotopic (exact) mass is 398 g/mol. The van der Waals surface area contributed by atoms with E-state index < -0.39 is 6.17 Å². The molecule has 5 rings (SSSR count). The lowest BCUT2D eigenvalue weighted by molar-refractivity contribution is 0.0838. The van der Waals surface area contributed by atoms with E-state index in [1.807, 2.05) is 31.0 Å². The number of ether oxygens (including phenoxy) is 1. The minimum Gasteiger partial charge on any atom is -0.507 e. The number of hydrogen-bond acceptors (Lipinski definition) is 6. The highest BCUT2D eigenvalue weighted by Gasteiger charge is 2.51. The van der Waals surface area contributed by atoms with Crippen LogP contribution in [0.5, 0.6) is 5.75 Å². The van der Waals surface area contributed by atoms with Gasteiger partial charge in [0.05, 0.1) is 13.2 Å². The fraction of sp³-hybridized carbons (Fsp3) is 0.545. The van der Waals surface area contributed by atoms with Crippen molar-refractivity contribution in [3.8, 4) is 17.0 Å². The molecule has 2 fully saturated rings. The van der Waals surface area contributed by atoms with Crippen molar-refractivity contribution >= 4 is 5.82 Å². The molecular weight excluding hydrogens is 371 g/mol. The van der Waals surface area contributed by atoms with Gasteiger partial charge in [-0.1, -0.05) is 6.07 Å². The van der Waals surface area contributed by atoms with Crippen molar-refractivity contribution in [3.05, 3.63) is 34.9 Å². The molecule has 29 heavy (non-hydrogen) atoms. The van der Waals surface area contributed by atoms with E-state index in [2.05, 4.69) is 15.5 Å². The van der Waals surface area contributed by atoms with Crippen LogP contribution in [0, 0.1) is 6.92 Å². The second kappa shape index (κ2) is 6.92. The van der Waals surface area contributed by atoms with E-state index in [0.29, 0.717) is 37.6 Å². The summed E-state index contributed by atoms with van der Waals surface area (Å²) in [6.45, 7) is 4.32. The Morgan fingerprint density at radius 1 is 1.28 bits per heavy atom. The molecule has 2 aliphatic heterocycles. The summed E-state index contributed by atoms with van der Waals surface area (Å²) in [5, 5.41) is 23.0. The molecule has 1 saturated heterocycles. The number of likely N-dealkylation sites (N-methyl/N-ethyl adjacent to an activating group) is 1. The first kappa shape index (κ1) is 18.8. The number of benzene rings is 1. The van der Waals surface area contributed by atoms with Crippen molar-refractivity contribution in [3.63, 3.8) is 0 Å². The summed E-state index contributed by atoms with van der Waals surface area (Å²) in [5.41, 5.74) is 4.55. The maximum Gasteiger partial charge on any atom is 0.154 e. The number of anilines is 1. The summed E-state index contributed by atoms with van der Waals surface area (Å²) in [5.74, 6) is 0.910. The Balaban J connectivity index is 1.57. The van der Waals surface area contributed by atoms with Gasteiger partial charge in [-0.05, 0) is 50.1 Å². The Labute approximate surface area is 170 Å². The summed E-state index contributed by atoms with van der Waals surface area (Å²) in [7, 11) is 1.94. The number of hydrogen-bond donors (Lipinski definition) is 2. The van der Waals surface area contributed by atoms with Crippen molar-refractivity contribution in [2.45, 2.75) is 50.4 Å². The van der Waals surface area contributed by atoms with Crippen LogP contribution in [-0.4, -0.2) is 59.2 Å². The van der Waals surface area contributed by atoms with E-state index >= 15 is 0 Å². The summed E-state index contributed by atoms with van der Waals surface area (Å²) in [6, 6.07) is 5.64. The van der Waals surface area contributed by atoms with Gasteiger partial charge in [0, 0.05) is 42.1 Å². The number of aryl methyl sites for hydroxylation is 1. The summed E-state index contributed by atoms with van der Waals surface area (Å²) in [6.07, 6.45) is 1.71. The molecular formula is C22H27FN4O2. The summed E-state index contributed by atoms with van der Waals surface area (Å²) < 4.78 is 20.0. The van der Waals surface area contributed by atoms with Crippen molar-refractivity contribution in [2.75, 3.05) is 32.1 Å². The Kier molecular flexibility index (Phi) is 4.47. The standard InChI is InChI=1S/C22H27FN4O2/c1-13-3-4-16(18(28)7-13)20-19-17(11-29-12-22(19)5-6-22)21(26-25-20)24-15-8-14(23)9-27(2)10-15/h3-4,7,14-15,28H,5-6,8-12H2,1-2H3,(H,24,26)/t14-,15?/m1/s1. The van der Waals surface area contributed by atoms with Crippen molar-refractivity contribution in [1.29, 1.82) is 0 Å². The maximum atomic E-state index is 14.1. The van der Waals surface area contributed by atoms with Crippen LogP contribution in [-0.2, 0) is 16.8 Å². The first-order valence-corrected chi connectivity index (χ1v) is 10.3. The number of phenolic OH excluding ortho intramolecular Hbond substituents is 1. The number of nitrogens with zero attached hydrogens (tertiary/aromatic N) is 3. The number of fused-ring (bicyclic) bond motifs is 2. The second-order valence-corrected chi connectivity index (χ2v) is 8.94. The number of likely N-dealkylation sites (tertiary alicyclic amines) is 1. The third-order valence-electron chi connectivity index (χ3n) is 6.41. The molecule has 2 N–H and O–H groups in total. The van der Waals surface area contributed by atoms with Gasteiger partial charge in [0.1, 0.15) is 17.6 Å². The molecule has 1 spiro atoms. The SMILES string of the molecule is Cc1ccc(-c2nnc(NC3C[C@@H](F)CN(C)C3)c3c2C2(CC2)COC3)c(O)c1. The third-order valence-corrected chi connectivity index (χ3v) is 6.41. The van der Waals surface area contributed by atoms with Gasteiger partial charge in [-0.2, -0.15) is 0 Å². The fourth-order valence-corrected chi connectivity index (χ4v) is 4.84. The van der Waals surface area contributed by atoms with Crippen LogP contribution in [0.3, 0.4) is 0 Å². The van der Waals surface area contributed by atoms with E-state index in [9.17, 15) is 9.50 Å². The van der Waals surface area contributed by atoms with Gasteiger partial charge in [-0.25, -0.2) is 4.39 Å². The molecule has 3 heterocycles. The second-order valence-electron chi connectivity index (χ2n) is 8.94. The molecule has 2 atom stereocenters. The lowest BCUT2D eigenvalue weighted by atomic mass is 9.86. The number of nitrogens with one attached hydrogen (secondary N) is 1. The quantitative estimate of drug-likeness (QED) is 0.828. The van der Waals surface area contributed by atoms with Gasteiger partial charge in [-0.15, -0.1) is 10.2 Å². The van der Waals surface area contributed by atoms with E-state index in [4.69, 9.17) is 4.74 Å². The average Bonchev–Trinajstić information content (AvgIpc) is 3.42. The molecule has 7 heteroatoms. The largest absolute Gasteiger partial charge is 0.507 e. The van der Waals surface area contributed by atoms with Crippen molar-refractivity contribution in [2.24, 2.45) is 0 Å². The number of halogens is 1. The van der Waals surface area contributed by atoms with E-state index in [0.717, 1.165) is 41.8 Å². The van der Waals surface area contributed by atoms with Crippen LogP contribution in [0.4, 0.5) is 10.2 Å². The third kappa shape index (κ3) is 3.36. The minimum absolute atomic E-state index is 0.0159. The lowest BCUT2D eigenvalue weighted by Crippen LogP contribution is -2.45. The van der Waals surface area contributed by atoms with E-state index in [1.165, 1.54) is 0 Å². The van der Waals surface area contributed by atoms with Gasteiger partial charge >= 0.3 is 0 Å². The number of rotatable bonds is 3. The Morgan fingerprint density at radius 3 is 2.83 bits per heavy atom. The van der Waals surface area contributed by atoms with Crippen molar-refractivity contribution < 1.29 is 14.2 Å². The van der Waals surface area contributed by atoms with Crippen molar-refractivity contribution in [1.82, 2.24) is 15.1 Å². The van der Waals surface area contributed by atoms with Gasteiger partial charge in [-0.3, -0.25) is 0 Å². The molecule has 0 bridgehead atoms. The van der Waals surface area contributed by atoms with Crippen LogP contribution in [0.15, 0.2) is 18.2 Å². The van der Waals surface area contributed by atoms with Gasteiger partial charge in [0.15, 0.2) is 5.82 Å². The molecule has 0 amide bonds. The summed E-state index contributed by atoms with van der Waals surface area (Å²) in [4.78, 5) is 2.00. The highest BCUT2D eigenvalue weighted by Crippen LogP contribution is 2.55. The maximum absolute atomic E-state index is 14.1. The molecule has 2 aromatic rings. The molecule has 0 radical (unpaired) electrons. The average molecular weight is 398 g/mol. The first-order chi connectivity index (χ1) is 13.9. The predicted octanol–water partition coefficient (Wildman–Crippen LogP) is 3.17. The van der Waals surface area contributed by atoms with Crippen LogP contribution in [0.25, 0.3) is 11.3 Å². The topological polar surface area (TPSA) is 70.5 Å². The highest BCUT2D eigenvalue weighted by atomic mass is 19.1. The predicted molar refractivity (Wildman–Crippen MR) is 109 cm³/mol. The smallest absolute Gasteiger partial charge is 0.154 e. The molecule has 1 unspecified atom stereocenters. The number of aromatic nitrogens is 2. The minimum atomic E-state index is -0.843. The molecule has 3 aliphatic rings. The fourth-order valence-electron chi connectivity index (χ4n) is 4.84. The number of piperidine rings is 1. The zero-order valence-electron chi connectivity index (χ0n) is 16.9. The molecule has 1 aromatic carbocycles. The highest BCUT2D eigenvalue weighted by molar-refractivity contribution is 5.75. The van der Waals surface area contributed by atoms with Crippen LogP contribution < -0.4 is 5.32 Å². The molecule has 154 valence electrons. The van der Waals surface area contributed by atoms with Crippen LogP contribution in [0.1, 0.15) is 36.0 Å². The van der Waals surface area contributed by atoms with Crippen LogP contribution >= 0.6 is 0 Å². The molecule has 1 aromatic heterocycles. The molecule has 1 saturated carbocycles. The number of phenols is 1. The van der Waals surface area contributed by atoms with Gasteiger partial charge in [0.25, 0.3) is 0 Å². The molecule has 6 nitrogen and oxygen atoms in total. The number of aromatic hydroxyl groups is 1. The van der Waals surface area contributed by atoms with Gasteiger partial charge in [0.2, 0.25) is 0 Å². The Bertz CT molecular complexity index is 937. The lowest BCUT2D eigenvalue weighted by Gasteiger charge is -2.34. The zero-order valence-corrected chi connectivity index (χ0v) is 16.9. The normalized spacial score (nSPS) is 25.6. The Morgan fingerprint density at radius 2 is 2.10 bits per heavy atom. The van der Waals surface area contributed by atoms with E-state index in [1.54, 1.807) is 6.07 Å². The zero-order chi connectivity index (χ0) is 20.2. The van der Waals surface area contributed by atoms with Crippen LogP contribution in [0.2, 0.25) is 0 Å². The van der Waals surface area contributed by atoms with E-state index in [-0.39, 0.29) is 17.2 Å².